The molecule has 0 amide bonds. The number of nitrogens with zero attached hydrogens (tertiary/aromatic N) is 2. The number of carboxylic acids is 2. The van der Waals surface area contributed by atoms with Crippen LogP contribution < -0.4 is 0 Å². The van der Waals surface area contributed by atoms with Crippen LogP contribution in [-0.2, 0) is 11.3 Å². The van der Waals surface area contributed by atoms with Crippen LogP contribution in [0.25, 0.3) is 0 Å². The Balaban J connectivity index is 1.62. The van der Waals surface area contributed by atoms with Gasteiger partial charge in [0.2, 0.25) is 0 Å². The molecule has 2 aliphatic rings. The van der Waals surface area contributed by atoms with E-state index in [0.29, 0.717) is 12.1 Å². The number of likely N-dealkylation sites (tertiary alicyclic amines) is 2. The Labute approximate surface area is 141 Å². The SMILES string of the molecule is CN1CC2(CCN(Cc3ccccc3C(=O)O)CC2)C[C@H]1C(=O)O. The lowest BCUT2D eigenvalue weighted by Crippen LogP contribution is -2.41. The highest BCUT2D eigenvalue weighted by atomic mass is 16.4. The van der Waals surface area contributed by atoms with Crippen LogP contribution in [0, 0.1) is 5.41 Å². The third-order valence-electron chi connectivity index (χ3n) is 5.59. The van der Waals surface area contributed by atoms with Crippen LogP contribution in [-0.4, -0.2) is 64.7 Å². The number of aliphatic carboxylic acids is 1. The molecular formula is C18H24N2O4. The molecule has 0 saturated carbocycles. The van der Waals surface area contributed by atoms with Crippen molar-refractivity contribution in [3.05, 3.63) is 35.4 Å². The van der Waals surface area contributed by atoms with Crippen LogP contribution in [0.15, 0.2) is 24.3 Å². The summed E-state index contributed by atoms with van der Waals surface area (Å²) in [6, 6.07) is 6.77. The fourth-order valence-electron chi connectivity index (χ4n) is 4.20. The Morgan fingerprint density at radius 1 is 1.21 bits per heavy atom. The Bertz CT molecular complexity index is 638. The van der Waals surface area contributed by atoms with Crippen LogP contribution in [0.5, 0.6) is 0 Å². The first-order valence-corrected chi connectivity index (χ1v) is 8.37. The highest BCUT2D eigenvalue weighted by molar-refractivity contribution is 5.89. The van der Waals surface area contributed by atoms with E-state index < -0.39 is 11.9 Å². The zero-order valence-corrected chi connectivity index (χ0v) is 13.9. The summed E-state index contributed by atoms with van der Waals surface area (Å²) < 4.78 is 0. The molecule has 6 heteroatoms. The van der Waals surface area contributed by atoms with E-state index in [1.54, 1.807) is 12.1 Å². The largest absolute Gasteiger partial charge is 0.480 e. The molecule has 0 radical (unpaired) electrons. The lowest BCUT2D eigenvalue weighted by atomic mass is 9.76. The molecule has 1 atom stereocenters. The average Bonchev–Trinajstić information content (AvgIpc) is 2.87. The average molecular weight is 332 g/mol. The van der Waals surface area contributed by atoms with E-state index in [1.165, 1.54) is 0 Å². The highest BCUT2D eigenvalue weighted by Gasteiger charge is 2.46. The second kappa shape index (κ2) is 6.53. The quantitative estimate of drug-likeness (QED) is 0.874. The van der Waals surface area contributed by atoms with Gasteiger partial charge in [-0.15, -0.1) is 0 Å². The normalized spacial score (nSPS) is 24.3. The summed E-state index contributed by atoms with van der Waals surface area (Å²) in [4.78, 5) is 26.9. The molecule has 0 bridgehead atoms. The van der Waals surface area contributed by atoms with Gasteiger partial charge in [0.1, 0.15) is 6.04 Å². The summed E-state index contributed by atoms with van der Waals surface area (Å²) in [7, 11) is 1.89. The minimum atomic E-state index is -0.888. The van der Waals surface area contributed by atoms with Gasteiger partial charge in [-0.3, -0.25) is 14.6 Å². The fourth-order valence-corrected chi connectivity index (χ4v) is 4.20. The van der Waals surface area contributed by atoms with E-state index in [0.717, 1.165) is 44.5 Å². The predicted octanol–water partition coefficient (Wildman–Crippen LogP) is 1.76. The van der Waals surface area contributed by atoms with Gasteiger partial charge in [-0.25, -0.2) is 4.79 Å². The van der Waals surface area contributed by atoms with Crippen LogP contribution in [0.4, 0.5) is 0 Å². The monoisotopic (exact) mass is 332 g/mol. The van der Waals surface area contributed by atoms with E-state index in [4.69, 9.17) is 0 Å². The lowest BCUT2D eigenvalue weighted by Gasteiger charge is -2.39. The molecule has 2 saturated heterocycles. The minimum absolute atomic E-state index is 0.0978. The summed E-state index contributed by atoms with van der Waals surface area (Å²) in [6.45, 7) is 3.24. The van der Waals surface area contributed by atoms with Crippen molar-refractivity contribution in [1.29, 1.82) is 0 Å². The summed E-state index contributed by atoms with van der Waals surface area (Å²) in [5.41, 5.74) is 1.30. The second-order valence-electron chi connectivity index (χ2n) is 7.21. The topological polar surface area (TPSA) is 81.1 Å². The van der Waals surface area contributed by atoms with Crippen molar-refractivity contribution < 1.29 is 19.8 Å². The molecule has 0 aromatic heterocycles. The number of benzene rings is 1. The van der Waals surface area contributed by atoms with Gasteiger partial charge in [0.15, 0.2) is 0 Å². The molecular weight excluding hydrogens is 308 g/mol. The molecule has 1 aromatic rings. The number of rotatable bonds is 4. The molecule has 6 nitrogen and oxygen atoms in total. The Hall–Kier alpha value is -1.92. The van der Waals surface area contributed by atoms with Crippen molar-refractivity contribution in [3.8, 4) is 0 Å². The minimum Gasteiger partial charge on any atom is -0.480 e. The predicted molar refractivity (Wildman–Crippen MR) is 89.0 cm³/mol. The van der Waals surface area contributed by atoms with Gasteiger partial charge in [0.25, 0.3) is 0 Å². The van der Waals surface area contributed by atoms with Gasteiger partial charge in [-0.2, -0.15) is 0 Å². The van der Waals surface area contributed by atoms with Crippen molar-refractivity contribution in [2.75, 3.05) is 26.7 Å². The molecule has 1 aromatic carbocycles. The smallest absolute Gasteiger partial charge is 0.336 e. The van der Waals surface area contributed by atoms with E-state index in [9.17, 15) is 19.8 Å². The highest BCUT2D eigenvalue weighted by Crippen LogP contribution is 2.43. The third kappa shape index (κ3) is 3.30. The van der Waals surface area contributed by atoms with Gasteiger partial charge in [-0.05, 0) is 56.4 Å². The van der Waals surface area contributed by atoms with Gasteiger partial charge >= 0.3 is 11.9 Å². The summed E-state index contributed by atoms with van der Waals surface area (Å²) >= 11 is 0. The number of hydrogen-bond donors (Lipinski definition) is 2. The summed E-state index contributed by atoms with van der Waals surface area (Å²) in [5.74, 6) is -1.62. The molecule has 0 unspecified atom stereocenters. The lowest BCUT2D eigenvalue weighted by molar-refractivity contribution is -0.141. The third-order valence-corrected chi connectivity index (χ3v) is 5.59. The van der Waals surface area contributed by atoms with Crippen LogP contribution in [0.1, 0.15) is 35.2 Å². The Morgan fingerprint density at radius 3 is 2.46 bits per heavy atom. The first kappa shape index (κ1) is 16.9. The molecule has 2 fully saturated rings. The zero-order chi connectivity index (χ0) is 17.3. The fraction of sp³-hybridized carbons (Fsp3) is 0.556. The Kier molecular flexibility index (Phi) is 4.60. The molecule has 2 heterocycles. The number of carboxylic acid groups (broad SMARTS) is 2. The molecule has 24 heavy (non-hydrogen) atoms. The van der Waals surface area contributed by atoms with Crippen LogP contribution >= 0.6 is 0 Å². The summed E-state index contributed by atoms with van der Waals surface area (Å²) in [6.07, 6.45) is 2.66. The number of aromatic carboxylic acids is 1. The van der Waals surface area contributed by atoms with Crippen molar-refractivity contribution in [2.45, 2.75) is 31.8 Å². The van der Waals surface area contributed by atoms with Crippen LogP contribution in [0.3, 0.4) is 0 Å². The molecule has 3 rings (SSSR count). The van der Waals surface area contributed by atoms with Gasteiger partial charge in [0.05, 0.1) is 5.56 Å². The molecule has 0 aliphatic carbocycles. The molecule has 1 spiro atoms. The van der Waals surface area contributed by atoms with Crippen molar-refractivity contribution in [3.63, 3.8) is 0 Å². The maximum absolute atomic E-state index is 11.3. The zero-order valence-electron chi connectivity index (χ0n) is 13.9. The van der Waals surface area contributed by atoms with Crippen LogP contribution in [0.2, 0.25) is 0 Å². The molecule has 130 valence electrons. The van der Waals surface area contributed by atoms with E-state index in [-0.39, 0.29) is 11.5 Å². The standard InChI is InChI=1S/C18H24N2O4/c1-19-12-18(10-15(19)17(23)24)6-8-20(9-7-18)11-13-4-2-3-5-14(13)16(21)22/h2-5,15H,6-12H2,1H3,(H,21,22)(H,23,24)/t15-/m0/s1. The maximum atomic E-state index is 11.3. The maximum Gasteiger partial charge on any atom is 0.336 e. The number of hydrogen-bond acceptors (Lipinski definition) is 4. The second-order valence-corrected chi connectivity index (χ2v) is 7.21. The van der Waals surface area contributed by atoms with E-state index in [2.05, 4.69) is 4.90 Å². The van der Waals surface area contributed by atoms with Gasteiger partial charge < -0.3 is 10.2 Å². The number of likely N-dealkylation sites (N-methyl/N-ethyl adjacent to an activating group) is 1. The van der Waals surface area contributed by atoms with Crippen molar-refractivity contribution >= 4 is 11.9 Å². The molecule has 2 N–H and O–H groups in total. The van der Waals surface area contributed by atoms with Gasteiger partial charge in [0, 0.05) is 13.1 Å². The summed E-state index contributed by atoms with van der Waals surface area (Å²) in [5, 5.41) is 18.6. The van der Waals surface area contributed by atoms with Crippen molar-refractivity contribution in [2.24, 2.45) is 5.41 Å². The number of carbonyl (C=O) groups is 2. The number of piperidine rings is 1. The van der Waals surface area contributed by atoms with E-state index >= 15 is 0 Å². The van der Waals surface area contributed by atoms with E-state index in [1.807, 2.05) is 24.1 Å². The van der Waals surface area contributed by atoms with Crippen molar-refractivity contribution in [1.82, 2.24) is 9.80 Å². The van der Waals surface area contributed by atoms with Gasteiger partial charge in [-0.1, -0.05) is 18.2 Å². The first-order valence-electron chi connectivity index (χ1n) is 8.37. The molecule has 2 aliphatic heterocycles. The first-order chi connectivity index (χ1) is 11.4. The Morgan fingerprint density at radius 2 is 1.88 bits per heavy atom.